The summed E-state index contributed by atoms with van der Waals surface area (Å²) in [7, 11) is 9.42. The van der Waals surface area contributed by atoms with Gasteiger partial charge in [-0.2, -0.15) is 0 Å². The summed E-state index contributed by atoms with van der Waals surface area (Å²) in [5.74, 6) is -0.273. The average Bonchev–Trinajstić information content (AvgIpc) is 2.56. The molecule has 0 aromatic carbocycles. The van der Waals surface area contributed by atoms with E-state index in [4.69, 9.17) is 0 Å². The molecule has 0 aromatic heterocycles. The number of carbonyl (C=O) groups excluding carboxylic acids is 1. The van der Waals surface area contributed by atoms with E-state index in [0.717, 1.165) is 12.8 Å². The van der Waals surface area contributed by atoms with Crippen molar-refractivity contribution >= 4 is 15.0 Å². The Morgan fingerprint density at radius 2 is 1.16 bits per heavy atom. The Labute approximate surface area is 159 Å². The molecule has 0 fully saturated rings. The molecule has 150 valence electrons. The number of ketones is 1. The number of aliphatic hydroxyl groups excluding tert-OH is 1. The Balaban J connectivity index is 3.45. The van der Waals surface area contributed by atoms with Gasteiger partial charge in [0.05, 0.1) is 21.1 Å². The van der Waals surface area contributed by atoms with E-state index in [-0.39, 0.29) is 11.6 Å². The van der Waals surface area contributed by atoms with Gasteiger partial charge in [-0.1, -0.05) is 84.0 Å². The summed E-state index contributed by atoms with van der Waals surface area (Å²) in [6.07, 6.45) is 16.5. The number of likely N-dealkylation sites (N-methyl/N-ethyl adjacent to an activating group) is 1. The second-order valence-electron chi connectivity index (χ2n) is 8.46. The first-order chi connectivity index (χ1) is 11.8. The minimum atomic E-state index is -0.908. The monoisotopic (exact) mass is 373 g/mol. The van der Waals surface area contributed by atoms with Crippen LogP contribution in [-0.4, -0.2) is 48.4 Å². The van der Waals surface area contributed by atoms with E-state index >= 15 is 0 Å². The van der Waals surface area contributed by atoms with Gasteiger partial charge in [0.2, 0.25) is 0 Å². The van der Waals surface area contributed by atoms with E-state index in [1.54, 1.807) is 0 Å². The lowest BCUT2D eigenvalue weighted by molar-refractivity contribution is -0.883. The molecule has 2 unspecified atom stereocenters. The Bertz CT molecular complexity index is 328. The molecule has 0 aromatic rings. The van der Waals surface area contributed by atoms with Gasteiger partial charge < -0.3 is 18.8 Å². The summed E-state index contributed by atoms with van der Waals surface area (Å²) in [6.45, 7) is 2.27. The molecule has 0 aliphatic carbocycles. The van der Waals surface area contributed by atoms with Crippen molar-refractivity contribution in [2.75, 3.05) is 21.1 Å². The molecule has 0 radical (unpaired) electrons. The third kappa shape index (κ3) is 13.8. The van der Waals surface area contributed by atoms with Crippen molar-refractivity contribution < 1.29 is 14.4 Å². The van der Waals surface area contributed by atoms with Crippen molar-refractivity contribution in [3.63, 3.8) is 0 Å². The first-order valence-corrected chi connectivity index (χ1v) is 11.1. The number of carbonyl (C=O) groups is 1. The van der Waals surface area contributed by atoms with Crippen molar-refractivity contribution in [1.29, 1.82) is 0 Å². The summed E-state index contributed by atoms with van der Waals surface area (Å²) in [5.41, 5.74) is 0. The fourth-order valence-corrected chi connectivity index (χ4v) is 3.25. The summed E-state index contributed by atoms with van der Waals surface area (Å²) >= 11 is 0. The molecule has 0 heterocycles. The molecule has 0 spiro atoms. The van der Waals surface area contributed by atoms with Gasteiger partial charge in [0.1, 0.15) is 6.10 Å². The molecular formula is C21H44NO2P. The van der Waals surface area contributed by atoms with Gasteiger partial charge in [-0.3, -0.25) is 4.79 Å². The zero-order valence-corrected chi connectivity index (χ0v) is 18.4. The third-order valence-corrected chi connectivity index (χ3v) is 6.08. The van der Waals surface area contributed by atoms with E-state index in [2.05, 4.69) is 16.2 Å². The van der Waals surface area contributed by atoms with E-state index in [1.165, 1.54) is 70.6 Å². The van der Waals surface area contributed by atoms with Gasteiger partial charge in [-0.15, -0.1) is 0 Å². The van der Waals surface area contributed by atoms with Crippen molar-refractivity contribution in [2.24, 2.45) is 0 Å². The van der Waals surface area contributed by atoms with E-state index in [0.29, 0.717) is 10.9 Å². The normalized spacial score (nSPS) is 14.5. The topological polar surface area (TPSA) is 37.3 Å². The molecule has 25 heavy (non-hydrogen) atoms. The molecular weight excluding hydrogens is 329 g/mol. The lowest BCUT2D eigenvalue weighted by atomic mass is 10.0. The highest BCUT2D eigenvalue weighted by molar-refractivity contribution is 7.17. The van der Waals surface area contributed by atoms with Gasteiger partial charge >= 0.3 is 0 Å². The van der Waals surface area contributed by atoms with E-state index < -0.39 is 6.10 Å². The molecule has 0 amide bonds. The fraction of sp³-hybridized carbons (Fsp3) is 0.952. The largest absolute Gasteiger partial charge is 0.489 e. The van der Waals surface area contributed by atoms with Gasteiger partial charge in [0.15, 0.2) is 5.78 Å². The molecule has 0 saturated heterocycles. The maximum atomic E-state index is 12.0. The molecule has 0 saturated carbocycles. The number of aliphatic hydroxyl groups is 1. The molecule has 4 heteroatoms. The van der Waals surface area contributed by atoms with Crippen LogP contribution in [0.15, 0.2) is 0 Å². The van der Waals surface area contributed by atoms with Crippen molar-refractivity contribution in [1.82, 2.24) is 0 Å². The number of hydrogen-bond acceptors (Lipinski definition) is 2. The van der Waals surface area contributed by atoms with Crippen LogP contribution in [0.1, 0.15) is 96.8 Å². The van der Waals surface area contributed by atoms with Crippen LogP contribution in [0.3, 0.4) is 0 Å². The average molecular weight is 374 g/mol. The summed E-state index contributed by atoms with van der Waals surface area (Å²) in [4.78, 5) is 12.0. The van der Waals surface area contributed by atoms with Gasteiger partial charge in [0, 0.05) is 6.42 Å². The van der Waals surface area contributed by atoms with Crippen LogP contribution in [0, 0.1) is 0 Å². The molecule has 0 aliphatic rings. The third-order valence-electron chi connectivity index (χ3n) is 4.99. The molecule has 2 atom stereocenters. The second kappa shape index (κ2) is 15.1. The number of unbranched alkanes of at least 4 members (excludes halogenated alkanes) is 12. The van der Waals surface area contributed by atoms with Crippen LogP contribution in [0.4, 0.5) is 0 Å². The van der Waals surface area contributed by atoms with Crippen LogP contribution in [0.2, 0.25) is 0 Å². The lowest BCUT2D eigenvalue weighted by Gasteiger charge is -2.40. The number of rotatable bonds is 17. The van der Waals surface area contributed by atoms with Crippen molar-refractivity contribution in [3.05, 3.63) is 0 Å². The maximum Gasteiger partial charge on any atom is 0.164 e. The Morgan fingerprint density at radius 1 is 0.800 bits per heavy atom. The highest BCUT2D eigenvalue weighted by Gasteiger charge is 2.25. The molecule has 1 N–H and O–H groups in total. The van der Waals surface area contributed by atoms with Crippen LogP contribution >= 0.6 is 9.24 Å². The standard InChI is InChI=1S/C21H44NO2P/c1-5-6-7-8-9-10-11-12-13-14-15-16-17-18-19(23)20(24)21(25)22(2,3)4/h20-21,24-25H,5-18H2,1-4H3. The summed E-state index contributed by atoms with van der Waals surface area (Å²) in [5, 5.41) is 10.1. The Kier molecular flexibility index (Phi) is 15.1. The van der Waals surface area contributed by atoms with Gasteiger partial charge in [-0.05, 0) is 12.2 Å². The highest BCUT2D eigenvalue weighted by Crippen LogP contribution is 2.18. The first-order valence-electron chi connectivity index (χ1n) is 10.5. The van der Waals surface area contributed by atoms with Gasteiger partial charge in [0.25, 0.3) is 0 Å². The van der Waals surface area contributed by atoms with E-state index in [1.807, 2.05) is 21.1 Å². The highest BCUT2D eigenvalue weighted by atomic mass is 31.0. The maximum absolute atomic E-state index is 12.0. The molecule has 3 nitrogen and oxygen atoms in total. The van der Waals surface area contributed by atoms with Gasteiger partial charge in [-0.25, -0.2) is 0 Å². The van der Waals surface area contributed by atoms with Crippen LogP contribution < -0.4 is 0 Å². The van der Waals surface area contributed by atoms with E-state index in [9.17, 15) is 9.90 Å². The van der Waals surface area contributed by atoms with Crippen molar-refractivity contribution in [3.8, 4) is 0 Å². The summed E-state index contributed by atoms with van der Waals surface area (Å²) < 4.78 is 0.530. The number of hydrogen-bond donors (Lipinski definition) is 1. The molecule has 0 aliphatic heterocycles. The fourth-order valence-electron chi connectivity index (χ4n) is 3.06. The Morgan fingerprint density at radius 3 is 1.52 bits per heavy atom. The number of quaternary nitrogens is 1. The smallest absolute Gasteiger partial charge is 0.164 e. The number of Topliss-reactive ketones (excluding diaryl/α,β-unsaturated/α-hetero) is 1. The van der Waals surface area contributed by atoms with Crippen LogP contribution in [-0.2, 0) is 4.79 Å². The minimum absolute atomic E-state index is 0.0314. The first kappa shape index (κ1) is 25.0. The minimum Gasteiger partial charge on any atom is -0.489 e. The SMILES string of the molecule is CCCCCCCCCCCCCCCC(=O)C(O)C([PH-])[N+](C)(C)C. The van der Waals surface area contributed by atoms with Crippen molar-refractivity contribution in [2.45, 2.75) is 109 Å². The van der Waals surface area contributed by atoms with Crippen LogP contribution in [0.25, 0.3) is 0 Å². The molecule has 0 bridgehead atoms. The summed E-state index contributed by atoms with van der Waals surface area (Å²) in [6, 6.07) is 0. The zero-order valence-electron chi connectivity index (χ0n) is 17.4. The second-order valence-corrected chi connectivity index (χ2v) is 9.06. The Hall–Kier alpha value is 0.0200. The number of nitrogens with zero attached hydrogens (tertiary/aromatic N) is 1. The predicted molar refractivity (Wildman–Crippen MR) is 111 cm³/mol. The van der Waals surface area contributed by atoms with Crippen LogP contribution in [0.5, 0.6) is 0 Å². The molecule has 0 rings (SSSR count). The lowest BCUT2D eigenvalue weighted by Crippen LogP contribution is -2.50. The predicted octanol–water partition coefficient (Wildman–Crippen LogP) is 5.57. The zero-order chi connectivity index (χ0) is 19.1. The quantitative estimate of drug-likeness (QED) is 0.205.